The van der Waals surface area contributed by atoms with Gasteiger partial charge in [-0.25, -0.2) is 39.5 Å². The minimum atomic E-state index is -1.22. The third kappa shape index (κ3) is 11.8. The summed E-state index contributed by atoms with van der Waals surface area (Å²) in [7, 11) is 16.1. The molecule has 6 aromatic carbocycles. The summed E-state index contributed by atoms with van der Waals surface area (Å²) in [6.45, 7) is 6.72. The molecule has 6 heterocycles. The fourth-order valence-corrected chi connectivity index (χ4v) is 10.3. The highest BCUT2D eigenvalue weighted by molar-refractivity contribution is 6.16. The van der Waals surface area contributed by atoms with Crippen molar-refractivity contribution in [3.8, 4) is 28.7 Å². The lowest BCUT2D eigenvalue weighted by Gasteiger charge is -2.31. The molecule has 438 valence electrons. The molecule has 0 bridgehead atoms. The normalized spacial score (nSPS) is 16.7. The third-order valence-corrected chi connectivity index (χ3v) is 15.0. The van der Waals surface area contributed by atoms with Gasteiger partial charge in [-0.05, 0) is 109 Å². The van der Waals surface area contributed by atoms with Crippen molar-refractivity contribution in [1.82, 2.24) is 40.4 Å². The summed E-state index contributed by atoms with van der Waals surface area (Å²) in [5, 5.41) is 6.33. The van der Waals surface area contributed by atoms with Gasteiger partial charge >= 0.3 is 12.1 Å². The van der Waals surface area contributed by atoms with Gasteiger partial charge in [0.1, 0.15) is 35.6 Å². The molecule has 0 saturated carbocycles. The van der Waals surface area contributed by atoms with Crippen molar-refractivity contribution in [2.24, 2.45) is 20.0 Å². The standard InChI is InChI=1S/C24H24N6O4.C23H23N7O2.C9H12O.C8H11N/c1-14-5-10-17(19(34-4)18(14)33-3)24-20-21(26-12-25-20)27-13-28-22(24)30(23(31)29-24)11-15-6-8-16(32-2)9-7-15;1-29(2)17-8-6-16(7-9-17)23-19-20(25-13-24-19)26-14-27-21(23)30(22(31)28-23)12-15-4-10-18(32-3)11-5-15;1-7-5-4-6-9(10-3)8(7)2;1-9(2)8-6-4-3-5-7-8/h5-10,12-13H,11H2,1-4H3,(H,25,26)(H,29,31);4-11,13-14H,12H2,1-3H3,(H,24,25)(H,28,31);4-6H,1-3H3;3-7H,1-2H3. The molecule has 4 N–H and O–H groups in total. The summed E-state index contributed by atoms with van der Waals surface area (Å²) in [5.41, 5.74) is 8.08. The molecule has 21 nitrogen and oxygen atoms in total. The third-order valence-electron chi connectivity index (χ3n) is 15.0. The molecule has 2 saturated heterocycles. The van der Waals surface area contributed by atoms with E-state index in [0.717, 1.165) is 45.2 Å². The molecule has 12 rings (SSSR count). The Morgan fingerprint density at radius 2 is 0.988 bits per heavy atom. The number of amidine groups is 2. The Bertz CT molecular complexity index is 3760. The number of ether oxygens (including phenoxy) is 5. The molecule has 8 aromatic rings. The number of imidazole rings is 2. The van der Waals surface area contributed by atoms with Gasteiger partial charge in [-0.1, -0.05) is 78.9 Å². The van der Waals surface area contributed by atoms with Gasteiger partial charge in [0.05, 0.1) is 67.0 Å². The van der Waals surface area contributed by atoms with Crippen LogP contribution in [0.1, 0.15) is 50.3 Å². The number of amides is 4. The number of rotatable bonds is 13. The van der Waals surface area contributed by atoms with E-state index in [0.29, 0.717) is 64.8 Å². The van der Waals surface area contributed by atoms with Crippen LogP contribution in [0.2, 0.25) is 0 Å². The van der Waals surface area contributed by atoms with Gasteiger partial charge < -0.3 is 54.1 Å². The maximum Gasteiger partial charge on any atom is 0.324 e. The van der Waals surface area contributed by atoms with Crippen LogP contribution in [0.5, 0.6) is 28.7 Å². The molecule has 2 unspecified atom stereocenters. The van der Waals surface area contributed by atoms with Gasteiger partial charge in [0.2, 0.25) is 0 Å². The number of nitrogens with zero attached hydrogens (tertiary/aromatic N) is 10. The highest BCUT2D eigenvalue weighted by Crippen LogP contribution is 2.48. The van der Waals surface area contributed by atoms with Crippen LogP contribution in [-0.4, -0.2) is 130 Å². The van der Waals surface area contributed by atoms with Crippen LogP contribution in [0.15, 0.2) is 166 Å². The fraction of sp³-hybridized carbons (Fsp3) is 0.250. The Morgan fingerprint density at radius 1 is 0.494 bits per heavy atom. The monoisotopic (exact) mass is 1150 g/mol. The minimum Gasteiger partial charge on any atom is -0.497 e. The van der Waals surface area contributed by atoms with Crippen molar-refractivity contribution >= 4 is 59.4 Å². The molecule has 2 aromatic heterocycles. The second-order valence-corrected chi connectivity index (χ2v) is 20.4. The molecule has 2 fully saturated rings. The summed E-state index contributed by atoms with van der Waals surface area (Å²) >= 11 is 0. The topological polar surface area (TPSA) is 224 Å². The number of nitrogens with one attached hydrogen (secondary N) is 4. The Hall–Kier alpha value is -10.4. The zero-order valence-electron chi connectivity index (χ0n) is 49.8. The van der Waals surface area contributed by atoms with E-state index in [2.05, 4.69) is 87.5 Å². The first-order valence-corrected chi connectivity index (χ1v) is 27.2. The zero-order valence-corrected chi connectivity index (χ0v) is 49.8. The van der Waals surface area contributed by atoms with E-state index in [9.17, 15) is 9.59 Å². The second-order valence-electron chi connectivity index (χ2n) is 20.4. The van der Waals surface area contributed by atoms with Gasteiger partial charge in [-0.3, -0.25) is 9.80 Å². The minimum absolute atomic E-state index is 0.243. The quantitative estimate of drug-likeness (QED) is 0.0850. The van der Waals surface area contributed by atoms with Crippen molar-refractivity contribution in [2.45, 2.75) is 44.9 Å². The molecule has 0 aliphatic carbocycles. The van der Waals surface area contributed by atoms with Crippen LogP contribution in [0.25, 0.3) is 0 Å². The lowest BCUT2D eigenvalue weighted by Crippen LogP contribution is -2.45. The molecule has 0 spiro atoms. The summed E-state index contributed by atoms with van der Waals surface area (Å²) in [6, 6.07) is 42.8. The van der Waals surface area contributed by atoms with Gasteiger partial charge in [0, 0.05) is 45.1 Å². The Morgan fingerprint density at radius 3 is 1.46 bits per heavy atom. The van der Waals surface area contributed by atoms with Crippen molar-refractivity contribution < 1.29 is 33.3 Å². The number of aryl methyl sites for hydroxylation is 2. The lowest BCUT2D eigenvalue weighted by molar-refractivity contribution is 0.224. The average molecular weight is 1150 g/mol. The molecule has 4 aliphatic rings. The smallest absolute Gasteiger partial charge is 0.324 e. The number of methoxy groups -OCH3 is 5. The number of hydrogen-bond acceptors (Lipinski definition) is 15. The number of aromatic nitrogens is 4. The first-order valence-electron chi connectivity index (χ1n) is 27.2. The lowest BCUT2D eigenvalue weighted by atomic mass is 9.84. The van der Waals surface area contributed by atoms with Gasteiger partial charge in [-0.15, -0.1) is 0 Å². The summed E-state index contributed by atoms with van der Waals surface area (Å²) in [6.07, 6.45) is 5.99. The number of para-hydroxylation sites is 1. The Labute approximate surface area is 494 Å². The van der Waals surface area contributed by atoms with Crippen LogP contribution in [0.4, 0.5) is 32.6 Å². The number of benzene rings is 6. The van der Waals surface area contributed by atoms with Gasteiger partial charge in [0.15, 0.2) is 45.9 Å². The number of aliphatic imine (C=N–C) groups is 4. The molecule has 21 heteroatoms. The maximum atomic E-state index is 13.5. The second kappa shape index (κ2) is 25.8. The largest absolute Gasteiger partial charge is 0.497 e. The van der Waals surface area contributed by atoms with Crippen LogP contribution >= 0.6 is 0 Å². The molecule has 4 aliphatic heterocycles. The highest BCUT2D eigenvalue weighted by atomic mass is 16.5. The SMILES string of the molecule is CN(C)c1ccccc1.COc1ccc(CN2C(=O)NC3(c4ccc(C)c(OC)c4OC)C2=NC=Nc2nc[nH]c23)cc1.COc1ccc(CN2C(=O)NC3(c4ccc(N(C)C)cc4)C2=NC=Nc2nc[nH]c23)cc1.COc1cccc(C)c1C. The van der Waals surface area contributed by atoms with Crippen molar-refractivity contribution in [3.05, 3.63) is 196 Å². The predicted octanol–water partition coefficient (Wildman–Crippen LogP) is 10.4. The van der Waals surface area contributed by atoms with Crippen molar-refractivity contribution in [3.63, 3.8) is 0 Å². The van der Waals surface area contributed by atoms with Crippen LogP contribution in [0.3, 0.4) is 0 Å². The van der Waals surface area contributed by atoms with E-state index >= 15 is 0 Å². The summed E-state index contributed by atoms with van der Waals surface area (Å²) in [4.78, 5) is 67.1. The number of carbonyl (C=O) groups excluding carboxylic acids is 2. The summed E-state index contributed by atoms with van der Waals surface area (Å²) in [5.74, 6) is 5.44. The number of urea groups is 2. The maximum absolute atomic E-state index is 13.5. The highest BCUT2D eigenvalue weighted by Gasteiger charge is 2.57. The van der Waals surface area contributed by atoms with Gasteiger partial charge in [-0.2, -0.15) is 0 Å². The molecule has 85 heavy (non-hydrogen) atoms. The molecule has 4 amide bonds. The van der Waals surface area contributed by atoms with E-state index in [4.69, 9.17) is 23.7 Å². The number of fused-ring (bicyclic) bond motifs is 6. The van der Waals surface area contributed by atoms with E-state index in [1.54, 1.807) is 58.0 Å². The number of H-pyrrole nitrogens is 2. The Balaban J connectivity index is 0.000000156. The van der Waals surface area contributed by atoms with E-state index < -0.39 is 11.1 Å². The summed E-state index contributed by atoms with van der Waals surface area (Å²) < 4.78 is 27.1. The molecular weight excluding hydrogens is 1080 g/mol. The van der Waals surface area contributed by atoms with Crippen LogP contribution < -0.4 is 44.1 Å². The van der Waals surface area contributed by atoms with Crippen LogP contribution in [-0.2, 0) is 24.2 Å². The van der Waals surface area contributed by atoms with E-state index in [1.165, 1.54) is 29.5 Å². The first kappa shape index (κ1) is 59.2. The zero-order chi connectivity index (χ0) is 60.4. The van der Waals surface area contributed by atoms with Crippen molar-refractivity contribution in [1.29, 1.82) is 0 Å². The number of hydrogen-bond donors (Lipinski definition) is 4. The Kier molecular flexibility index (Phi) is 18.0. The van der Waals surface area contributed by atoms with E-state index in [-0.39, 0.29) is 12.1 Å². The first-order chi connectivity index (χ1) is 41.1. The van der Waals surface area contributed by atoms with E-state index in [1.807, 2.05) is 155 Å². The molecule has 2 atom stereocenters. The van der Waals surface area contributed by atoms with Crippen LogP contribution in [0, 0.1) is 20.8 Å². The average Bonchev–Trinajstić information content (AvgIpc) is 2.59. The number of carbonyl (C=O) groups is 2. The van der Waals surface area contributed by atoms with Crippen molar-refractivity contribution in [2.75, 3.05) is 73.5 Å². The van der Waals surface area contributed by atoms with Gasteiger partial charge in [0.25, 0.3) is 0 Å². The number of anilines is 2. The predicted molar refractivity (Wildman–Crippen MR) is 332 cm³/mol. The molecule has 0 radical (unpaired) electrons. The molecular formula is C64H70N14O7. The number of aromatic amines is 2. The fourth-order valence-electron chi connectivity index (χ4n) is 10.3.